The maximum Gasteiger partial charge on any atom is 0.407 e. The number of carboxylic acid groups (broad SMARTS) is 1. The van der Waals surface area contributed by atoms with Gasteiger partial charge < -0.3 is 25.2 Å². The van der Waals surface area contributed by atoms with Crippen LogP contribution in [-0.4, -0.2) is 53.8 Å². The third kappa shape index (κ3) is 16.6. The van der Waals surface area contributed by atoms with Crippen LogP contribution >= 0.6 is 0 Å². The van der Waals surface area contributed by atoms with E-state index in [-0.39, 0.29) is 24.4 Å². The molecule has 0 aliphatic heterocycles. The molecule has 2 aromatic carbocycles. The highest BCUT2D eigenvalue weighted by molar-refractivity contribution is 5.83. The van der Waals surface area contributed by atoms with Gasteiger partial charge in [0, 0.05) is 25.3 Å². The number of alkyl carbamates (subject to hydrolysis) is 1. The van der Waals surface area contributed by atoms with Crippen molar-refractivity contribution in [2.45, 2.75) is 160 Å². The fourth-order valence-electron chi connectivity index (χ4n) is 6.91. The summed E-state index contributed by atoms with van der Waals surface area (Å²) in [5, 5.41) is 15.1. The second-order valence-electron chi connectivity index (χ2n) is 15.2. The van der Waals surface area contributed by atoms with Gasteiger partial charge in [-0.2, -0.15) is 0 Å². The highest BCUT2D eigenvalue weighted by Crippen LogP contribution is 2.44. The lowest BCUT2D eigenvalue weighted by atomic mass is 9.98. The van der Waals surface area contributed by atoms with Crippen molar-refractivity contribution in [1.82, 2.24) is 10.6 Å². The molecule has 0 fully saturated rings. The summed E-state index contributed by atoms with van der Waals surface area (Å²) in [6, 6.07) is 15.5. The molecule has 52 heavy (non-hydrogen) atoms. The number of benzene rings is 2. The van der Waals surface area contributed by atoms with Gasteiger partial charge in [0.25, 0.3) is 0 Å². The monoisotopic (exact) mass is 720 g/mol. The molecule has 0 aromatic heterocycles. The number of aliphatic carboxylic acids is 1. The van der Waals surface area contributed by atoms with Gasteiger partial charge in [0.15, 0.2) is 0 Å². The molecule has 2 amide bonds. The molecule has 1 atom stereocenters. The minimum Gasteiger partial charge on any atom is -0.480 e. The van der Waals surface area contributed by atoms with Crippen LogP contribution in [0.5, 0.6) is 0 Å². The Bertz CT molecular complexity index is 1340. The number of hydrogen-bond donors (Lipinski definition) is 3. The second-order valence-corrected chi connectivity index (χ2v) is 15.2. The first-order chi connectivity index (χ1) is 25.0. The lowest BCUT2D eigenvalue weighted by molar-refractivity contribution is -0.155. The van der Waals surface area contributed by atoms with Gasteiger partial charge in [-0.05, 0) is 75.1 Å². The van der Waals surface area contributed by atoms with Crippen LogP contribution in [-0.2, 0) is 23.9 Å². The van der Waals surface area contributed by atoms with E-state index < -0.39 is 23.7 Å². The van der Waals surface area contributed by atoms with Crippen molar-refractivity contribution in [3.8, 4) is 11.1 Å². The Balaban J connectivity index is 1.12. The number of ether oxygens (including phenoxy) is 2. The molecule has 0 spiro atoms. The number of carboxylic acids is 1. The first-order valence-electron chi connectivity index (χ1n) is 19.9. The SMILES string of the molecule is CC(C)(C)OC(=O)CCCCCCCCCCCCCCCCC(=O)N[C@@H](CCCCNC(=O)OCC1c2ccccc2-c2ccccc21)C(=O)O. The van der Waals surface area contributed by atoms with E-state index in [0.717, 1.165) is 43.2 Å². The number of nitrogens with one attached hydrogen (secondary N) is 2. The average molecular weight is 721 g/mol. The summed E-state index contributed by atoms with van der Waals surface area (Å²) in [7, 11) is 0. The number of carbonyl (C=O) groups is 4. The Labute approximate surface area is 312 Å². The number of amides is 2. The highest BCUT2D eigenvalue weighted by Gasteiger charge is 2.29. The molecule has 0 radical (unpaired) electrons. The van der Waals surface area contributed by atoms with Crippen molar-refractivity contribution in [2.24, 2.45) is 0 Å². The summed E-state index contributed by atoms with van der Waals surface area (Å²) in [6.07, 6.45) is 17.8. The van der Waals surface area contributed by atoms with Gasteiger partial charge in [0.05, 0.1) is 0 Å². The summed E-state index contributed by atoms with van der Waals surface area (Å²) in [6.45, 7) is 6.33. The standard InChI is InChI=1S/C43H64N2O7/c1-43(2,3)52-40(47)30-17-15-13-11-9-7-5-4-6-8-10-12-14-16-29-39(46)45-38(41(48)49)28-22-23-31-44-42(50)51-32-37-35-26-20-18-24-33(35)34-25-19-21-27-36(34)37/h18-21,24-27,37-38H,4-17,22-23,28-32H2,1-3H3,(H,44,50)(H,45,46)(H,48,49)/t38-/m0/s1. The van der Waals surface area contributed by atoms with Crippen molar-refractivity contribution in [3.63, 3.8) is 0 Å². The van der Waals surface area contributed by atoms with Gasteiger partial charge in [0.2, 0.25) is 5.91 Å². The van der Waals surface area contributed by atoms with E-state index in [0.29, 0.717) is 38.6 Å². The molecule has 0 heterocycles. The maximum absolute atomic E-state index is 12.4. The summed E-state index contributed by atoms with van der Waals surface area (Å²) < 4.78 is 10.9. The smallest absolute Gasteiger partial charge is 0.407 e. The molecule has 0 bridgehead atoms. The molecule has 1 aliphatic rings. The molecule has 9 heteroatoms. The molecule has 1 aliphatic carbocycles. The minimum absolute atomic E-state index is 0.00327. The van der Waals surface area contributed by atoms with E-state index in [9.17, 15) is 24.3 Å². The van der Waals surface area contributed by atoms with Crippen molar-refractivity contribution in [3.05, 3.63) is 59.7 Å². The Morgan fingerprint density at radius 1 is 0.673 bits per heavy atom. The zero-order valence-electron chi connectivity index (χ0n) is 32.0. The summed E-state index contributed by atoms with van der Waals surface area (Å²) in [4.78, 5) is 48.3. The maximum atomic E-state index is 12.4. The van der Waals surface area contributed by atoms with E-state index in [1.54, 1.807) is 0 Å². The van der Waals surface area contributed by atoms with Crippen LogP contribution in [0.1, 0.15) is 160 Å². The van der Waals surface area contributed by atoms with Crippen molar-refractivity contribution in [1.29, 1.82) is 0 Å². The van der Waals surface area contributed by atoms with Crippen LogP contribution in [0.4, 0.5) is 4.79 Å². The van der Waals surface area contributed by atoms with Crippen LogP contribution in [0, 0.1) is 0 Å². The third-order valence-electron chi connectivity index (χ3n) is 9.62. The van der Waals surface area contributed by atoms with E-state index >= 15 is 0 Å². The number of carbonyl (C=O) groups excluding carboxylic acids is 3. The molecular formula is C43H64N2O7. The summed E-state index contributed by atoms with van der Waals surface area (Å²) in [5.41, 5.74) is 4.27. The predicted molar refractivity (Wildman–Crippen MR) is 206 cm³/mol. The van der Waals surface area contributed by atoms with E-state index in [4.69, 9.17) is 9.47 Å². The quantitative estimate of drug-likeness (QED) is 0.0651. The molecule has 2 aromatic rings. The van der Waals surface area contributed by atoms with Crippen molar-refractivity contribution >= 4 is 23.9 Å². The molecular weight excluding hydrogens is 656 g/mol. The normalized spacial score (nSPS) is 12.8. The molecule has 0 saturated carbocycles. The number of rotatable bonds is 26. The first-order valence-corrected chi connectivity index (χ1v) is 19.9. The Kier molecular flexibility index (Phi) is 19.3. The summed E-state index contributed by atoms with van der Waals surface area (Å²) in [5.74, 6) is -1.34. The molecule has 288 valence electrons. The third-order valence-corrected chi connectivity index (χ3v) is 9.62. The molecule has 9 nitrogen and oxygen atoms in total. The van der Waals surface area contributed by atoms with Gasteiger partial charge in [-0.3, -0.25) is 9.59 Å². The van der Waals surface area contributed by atoms with Crippen LogP contribution in [0.15, 0.2) is 48.5 Å². The first kappa shape index (κ1) is 42.5. The van der Waals surface area contributed by atoms with Crippen molar-refractivity contribution < 1.29 is 33.8 Å². The zero-order chi connectivity index (χ0) is 37.6. The van der Waals surface area contributed by atoms with Crippen LogP contribution in [0.25, 0.3) is 11.1 Å². The predicted octanol–water partition coefficient (Wildman–Crippen LogP) is 9.85. The number of unbranched alkanes of at least 4 members (excludes halogenated alkanes) is 14. The van der Waals surface area contributed by atoms with Gasteiger partial charge in [-0.1, -0.05) is 126 Å². The second kappa shape index (κ2) is 23.6. The number of hydrogen-bond acceptors (Lipinski definition) is 6. The minimum atomic E-state index is -1.03. The Hall–Kier alpha value is -3.88. The van der Waals surface area contributed by atoms with E-state index in [1.807, 2.05) is 45.0 Å². The van der Waals surface area contributed by atoms with Gasteiger partial charge in [-0.15, -0.1) is 0 Å². The molecule has 0 saturated heterocycles. The zero-order valence-corrected chi connectivity index (χ0v) is 32.0. The molecule has 0 unspecified atom stereocenters. The van der Waals surface area contributed by atoms with Crippen LogP contribution in [0.3, 0.4) is 0 Å². The summed E-state index contributed by atoms with van der Waals surface area (Å²) >= 11 is 0. The number of esters is 1. The lowest BCUT2D eigenvalue weighted by Gasteiger charge is -2.19. The van der Waals surface area contributed by atoms with E-state index in [2.05, 4.69) is 34.9 Å². The Morgan fingerprint density at radius 3 is 1.65 bits per heavy atom. The highest BCUT2D eigenvalue weighted by atomic mass is 16.6. The fraction of sp³-hybridized carbons (Fsp3) is 0.628. The van der Waals surface area contributed by atoms with Crippen LogP contribution < -0.4 is 10.6 Å². The van der Waals surface area contributed by atoms with E-state index in [1.165, 1.54) is 68.9 Å². The van der Waals surface area contributed by atoms with Crippen LogP contribution in [0.2, 0.25) is 0 Å². The topological polar surface area (TPSA) is 131 Å². The van der Waals surface area contributed by atoms with Gasteiger partial charge in [0.1, 0.15) is 18.2 Å². The fourth-order valence-corrected chi connectivity index (χ4v) is 6.91. The Morgan fingerprint density at radius 2 is 1.15 bits per heavy atom. The van der Waals surface area contributed by atoms with Crippen molar-refractivity contribution in [2.75, 3.05) is 13.2 Å². The molecule has 3 rings (SSSR count). The lowest BCUT2D eigenvalue weighted by Crippen LogP contribution is -2.40. The van der Waals surface area contributed by atoms with Gasteiger partial charge in [-0.25, -0.2) is 9.59 Å². The largest absolute Gasteiger partial charge is 0.480 e. The number of fused-ring (bicyclic) bond motifs is 3. The average Bonchev–Trinajstić information content (AvgIpc) is 3.42. The molecule has 3 N–H and O–H groups in total. The van der Waals surface area contributed by atoms with Gasteiger partial charge >= 0.3 is 18.0 Å².